The lowest BCUT2D eigenvalue weighted by atomic mass is 10.1. The monoisotopic (exact) mass is 264 g/mol. The van der Waals surface area contributed by atoms with Gasteiger partial charge in [-0.1, -0.05) is 24.3 Å². The molecule has 2 heteroatoms. The van der Waals surface area contributed by atoms with Crippen LogP contribution in [0.25, 0.3) is 22.3 Å². The van der Waals surface area contributed by atoms with Crippen molar-refractivity contribution in [2.24, 2.45) is 0 Å². The molecule has 1 aromatic heterocycles. The highest BCUT2D eigenvalue weighted by molar-refractivity contribution is 5.92. The number of nitrogens with zero attached hydrogens (tertiary/aromatic N) is 1. The summed E-state index contributed by atoms with van der Waals surface area (Å²) in [4.78, 5) is 2.08. The number of para-hydroxylation sites is 1. The first-order valence-electron chi connectivity index (χ1n) is 6.76. The Morgan fingerprint density at radius 3 is 2.35 bits per heavy atom. The number of benzene rings is 2. The Kier molecular flexibility index (Phi) is 3.15. The number of hydrogen-bond acceptors (Lipinski definition) is 1. The van der Waals surface area contributed by atoms with Gasteiger partial charge in [0.1, 0.15) is 5.69 Å². The van der Waals surface area contributed by atoms with Crippen LogP contribution in [0.2, 0.25) is 0 Å². The van der Waals surface area contributed by atoms with Crippen LogP contribution in [0.5, 0.6) is 0 Å². The van der Waals surface area contributed by atoms with Gasteiger partial charge in [0.05, 0.1) is 10.9 Å². The minimum atomic E-state index is 0.907. The van der Waals surface area contributed by atoms with Crippen molar-refractivity contribution in [2.75, 3.05) is 19.0 Å². The van der Waals surface area contributed by atoms with Gasteiger partial charge in [0, 0.05) is 20.2 Å². The third-order valence-electron chi connectivity index (χ3n) is 3.52. The average molecular weight is 264 g/mol. The molecular formula is C18H18NO+. The fourth-order valence-corrected chi connectivity index (χ4v) is 2.45. The van der Waals surface area contributed by atoms with Crippen LogP contribution in [-0.4, -0.2) is 14.1 Å². The van der Waals surface area contributed by atoms with Crippen molar-refractivity contribution < 1.29 is 4.42 Å². The SMILES string of the molecule is Cc1cc(-c2ccccc2)[o+]c2c(N(C)C)cccc12. The fourth-order valence-electron chi connectivity index (χ4n) is 2.45. The Morgan fingerprint density at radius 2 is 1.65 bits per heavy atom. The minimum Gasteiger partial charge on any atom is -0.370 e. The highest BCUT2D eigenvalue weighted by atomic mass is 16.3. The summed E-state index contributed by atoms with van der Waals surface area (Å²) in [6.07, 6.45) is 0. The maximum atomic E-state index is 6.18. The molecule has 3 rings (SSSR count). The zero-order valence-corrected chi connectivity index (χ0v) is 12.1. The molecule has 20 heavy (non-hydrogen) atoms. The van der Waals surface area contributed by atoms with Gasteiger partial charge in [0.15, 0.2) is 0 Å². The molecule has 0 aliphatic rings. The van der Waals surface area contributed by atoms with Crippen LogP contribution in [-0.2, 0) is 0 Å². The van der Waals surface area contributed by atoms with Crippen LogP contribution in [0.4, 0.5) is 5.69 Å². The van der Waals surface area contributed by atoms with E-state index >= 15 is 0 Å². The molecule has 100 valence electrons. The van der Waals surface area contributed by atoms with E-state index in [4.69, 9.17) is 4.42 Å². The van der Waals surface area contributed by atoms with Gasteiger partial charge in [-0.2, -0.15) is 0 Å². The molecule has 2 aromatic carbocycles. The van der Waals surface area contributed by atoms with Crippen molar-refractivity contribution in [2.45, 2.75) is 6.92 Å². The Morgan fingerprint density at radius 1 is 0.900 bits per heavy atom. The van der Waals surface area contributed by atoms with Gasteiger partial charge in [-0.05, 0) is 36.8 Å². The Labute approximate surface area is 119 Å². The van der Waals surface area contributed by atoms with Crippen molar-refractivity contribution in [1.82, 2.24) is 0 Å². The van der Waals surface area contributed by atoms with E-state index in [0.717, 1.165) is 28.0 Å². The van der Waals surface area contributed by atoms with E-state index in [2.05, 4.69) is 48.2 Å². The van der Waals surface area contributed by atoms with Gasteiger partial charge in [-0.3, -0.25) is 0 Å². The summed E-state index contributed by atoms with van der Waals surface area (Å²) in [7, 11) is 4.07. The predicted octanol–water partition coefficient (Wildman–Crippen LogP) is 4.76. The van der Waals surface area contributed by atoms with E-state index < -0.39 is 0 Å². The van der Waals surface area contributed by atoms with E-state index in [0.29, 0.717) is 0 Å². The van der Waals surface area contributed by atoms with Gasteiger partial charge in [-0.25, -0.2) is 4.42 Å². The summed E-state index contributed by atoms with van der Waals surface area (Å²) in [5.41, 5.74) is 4.37. The predicted molar refractivity (Wildman–Crippen MR) is 85.1 cm³/mol. The molecule has 0 saturated heterocycles. The Balaban J connectivity index is 2.30. The normalized spacial score (nSPS) is 10.8. The minimum absolute atomic E-state index is 0.907. The molecule has 0 fully saturated rings. The average Bonchev–Trinajstić information content (AvgIpc) is 2.47. The number of rotatable bonds is 2. The van der Waals surface area contributed by atoms with Crippen molar-refractivity contribution in [3.63, 3.8) is 0 Å². The van der Waals surface area contributed by atoms with E-state index in [9.17, 15) is 0 Å². The second-order valence-electron chi connectivity index (χ2n) is 5.21. The summed E-state index contributed by atoms with van der Waals surface area (Å²) in [6, 6.07) is 18.6. The molecule has 0 unspecified atom stereocenters. The van der Waals surface area contributed by atoms with Crippen molar-refractivity contribution >= 4 is 16.7 Å². The molecule has 0 radical (unpaired) electrons. The van der Waals surface area contributed by atoms with E-state index in [1.54, 1.807) is 0 Å². The summed E-state index contributed by atoms with van der Waals surface area (Å²) in [5, 5.41) is 1.16. The zero-order chi connectivity index (χ0) is 14.1. The first-order chi connectivity index (χ1) is 9.66. The largest absolute Gasteiger partial charge is 0.384 e. The first-order valence-corrected chi connectivity index (χ1v) is 6.76. The molecule has 2 nitrogen and oxygen atoms in total. The third kappa shape index (κ3) is 2.14. The lowest BCUT2D eigenvalue weighted by Gasteiger charge is -2.10. The van der Waals surface area contributed by atoms with Crippen LogP contribution in [0.3, 0.4) is 0 Å². The quantitative estimate of drug-likeness (QED) is 0.620. The smallest absolute Gasteiger partial charge is 0.370 e. The molecule has 0 saturated carbocycles. The van der Waals surface area contributed by atoms with Crippen LogP contribution >= 0.6 is 0 Å². The van der Waals surface area contributed by atoms with Crippen molar-refractivity contribution in [3.8, 4) is 11.3 Å². The number of hydrogen-bond donors (Lipinski definition) is 0. The summed E-state index contributed by atoms with van der Waals surface area (Å²) < 4.78 is 6.18. The fraction of sp³-hybridized carbons (Fsp3) is 0.167. The maximum Gasteiger partial charge on any atom is 0.384 e. The van der Waals surface area contributed by atoms with Crippen molar-refractivity contribution in [3.05, 3.63) is 60.2 Å². The van der Waals surface area contributed by atoms with E-state index in [-0.39, 0.29) is 0 Å². The number of anilines is 1. The molecular weight excluding hydrogens is 246 g/mol. The molecule has 3 aromatic rings. The molecule has 0 aliphatic heterocycles. The van der Waals surface area contributed by atoms with Gasteiger partial charge < -0.3 is 4.90 Å². The Hall–Kier alpha value is -2.35. The summed E-state index contributed by atoms with van der Waals surface area (Å²) in [5.74, 6) is 0.907. The van der Waals surface area contributed by atoms with Gasteiger partial charge in [-0.15, -0.1) is 0 Å². The van der Waals surface area contributed by atoms with Gasteiger partial charge in [0.2, 0.25) is 0 Å². The zero-order valence-electron chi connectivity index (χ0n) is 12.1. The lowest BCUT2D eigenvalue weighted by Crippen LogP contribution is -2.09. The van der Waals surface area contributed by atoms with Gasteiger partial charge >= 0.3 is 11.3 Å². The van der Waals surface area contributed by atoms with Crippen molar-refractivity contribution in [1.29, 1.82) is 0 Å². The molecule has 0 spiro atoms. The lowest BCUT2D eigenvalue weighted by molar-refractivity contribution is 0.618. The van der Waals surface area contributed by atoms with E-state index in [1.807, 2.05) is 32.3 Å². The standard InChI is InChI=1S/C18H18NO/c1-13-12-17(14-8-5-4-6-9-14)20-18-15(13)10-7-11-16(18)19(2)3/h4-12H,1-3H3/q+1. The molecule has 0 bridgehead atoms. The van der Waals surface area contributed by atoms with Crippen LogP contribution in [0.1, 0.15) is 5.56 Å². The summed E-state index contributed by atoms with van der Waals surface area (Å²) in [6.45, 7) is 2.13. The topological polar surface area (TPSA) is 14.5 Å². The molecule has 0 aliphatic carbocycles. The highest BCUT2D eigenvalue weighted by Gasteiger charge is 2.21. The maximum absolute atomic E-state index is 6.18. The first kappa shape index (κ1) is 12.7. The van der Waals surface area contributed by atoms with Gasteiger partial charge in [0.25, 0.3) is 0 Å². The highest BCUT2D eigenvalue weighted by Crippen LogP contribution is 2.32. The molecule has 0 atom stereocenters. The van der Waals surface area contributed by atoms with Crippen LogP contribution in [0.15, 0.2) is 59.0 Å². The second kappa shape index (κ2) is 4.97. The number of aryl methyl sites for hydroxylation is 1. The van der Waals surface area contributed by atoms with E-state index in [1.165, 1.54) is 5.56 Å². The second-order valence-corrected chi connectivity index (χ2v) is 5.21. The molecule has 1 heterocycles. The van der Waals surface area contributed by atoms with Crippen LogP contribution < -0.4 is 4.90 Å². The Bertz CT molecular complexity index is 748. The summed E-state index contributed by atoms with van der Waals surface area (Å²) >= 11 is 0. The number of fused-ring (bicyclic) bond motifs is 1. The molecule has 0 amide bonds. The third-order valence-corrected chi connectivity index (χ3v) is 3.52. The van der Waals surface area contributed by atoms with Crippen LogP contribution in [0, 0.1) is 6.92 Å². The molecule has 0 N–H and O–H groups in total.